The van der Waals surface area contributed by atoms with Crippen molar-refractivity contribution in [1.29, 1.82) is 0 Å². The summed E-state index contributed by atoms with van der Waals surface area (Å²) in [6, 6.07) is 9.78. The molecule has 0 unspecified atom stereocenters. The van der Waals surface area contributed by atoms with Crippen LogP contribution in [0.3, 0.4) is 0 Å². The third-order valence-corrected chi connectivity index (χ3v) is 4.20. The zero-order valence-corrected chi connectivity index (χ0v) is 14.0. The van der Waals surface area contributed by atoms with Gasteiger partial charge in [0.2, 0.25) is 5.91 Å². The van der Waals surface area contributed by atoms with E-state index >= 15 is 0 Å². The highest BCUT2D eigenvalue weighted by Crippen LogP contribution is 2.29. The van der Waals surface area contributed by atoms with E-state index in [0.29, 0.717) is 16.6 Å². The van der Waals surface area contributed by atoms with Crippen molar-refractivity contribution >= 4 is 23.4 Å². The van der Waals surface area contributed by atoms with Gasteiger partial charge in [-0.3, -0.25) is 4.79 Å². The normalized spacial score (nSPS) is 11.6. The van der Waals surface area contributed by atoms with Crippen LogP contribution in [0, 0.1) is 0 Å². The maximum Gasteiger partial charge on any atom is 0.417 e. The predicted molar refractivity (Wildman–Crippen MR) is 89.1 cm³/mol. The number of hydrogen-bond acceptors (Lipinski definition) is 3. The Bertz CT molecular complexity index is 700. The third-order valence-electron chi connectivity index (χ3n) is 3.25. The van der Waals surface area contributed by atoms with E-state index in [0.717, 1.165) is 29.6 Å². The number of alkyl halides is 3. The van der Waals surface area contributed by atoms with Crippen molar-refractivity contribution < 1.29 is 18.0 Å². The van der Waals surface area contributed by atoms with Crippen LogP contribution in [0.25, 0.3) is 0 Å². The van der Waals surface area contributed by atoms with Crippen molar-refractivity contribution in [2.45, 2.75) is 31.0 Å². The maximum absolute atomic E-state index is 12.5. The molecule has 1 aromatic heterocycles. The van der Waals surface area contributed by atoms with Gasteiger partial charge in [0.25, 0.3) is 0 Å². The van der Waals surface area contributed by atoms with E-state index in [4.69, 9.17) is 0 Å². The zero-order chi connectivity index (χ0) is 17.7. The van der Waals surface area contributed by atoms with Gasteiger partial charge in [-0.05, 0) is 35.7 Å². The van der Waals surface area contributed by atoms with Crippen LogP contribution in [0.2, 0.25) is 0 Å². The number of carbonyl (C=O) groups excluding carboxylic acids is 1. The van der Waals surface area contributed by atoms with Crippen LogP contribution in [-0.4, -0.2) is 16.6 Å². The second-order valence-electron chi connectivity index (χ2n) is 5.50. The van der Waals surface area contributed by atoms with Crippen molar-refractivity contribution in [2.24, 2.45) is 0 Å². The van der Waals surface area contributed by atoms with Crippen molar-refractivity contribution in [3.8, 4) is 0 Å². The molecule has 0 aliphatic carbocycles. The number of benzene rings is 1. The van der Waals surface area contributed by atoms with Gasteiger partial charge < -0.3 is 5.32 Å². The summed E-state index contributed by atoms with van der Waals surface area (Å²) in [6.45, 7) is 4.13. The molecule has 2 aromatic rings. The van der Waals surface area contributed by atoms with Gasteiger partial charge in [-0.15, -0.1) is 0 Å². The minimum atomic E-state index is -4.41. The summed E-state index contributed by atoms with van der Waals surface area (Å²) in [5, 5.41) is 3.15. The van der Waals surface area contributed by atoms with E-state index in [9.17, 15) is 18.0 Å². The average Bonchev–Trinajstić information content (AvgIpc) is 2.53. The number of pyridine rings is 1. The van der Waals surface area contributed by atoms with Gasteiger partial charge in [0.15, 0.2) is 0 Å². The first kappa shape index (κ1) is 18.3. The Morgan fingerprint density at radius 1 is 1.25 bits per heavy atom. The maximum atomic E-state index is 12.5. The van der Waals surface area contributed by atoms with Gasteiger partial charge in [-0.2, -0.15) is 13.2 Å². The first-order chi connectivity index (χ1) is 11.3. The molecule has 1 N–H and O–H groups in total. The van der Waals surface area contributed by atoms with Gasteiger partial charge in [0.05, 0.1) is 16.3 Å². The lowest BCUT2D eigenvalue weighted by Crippen LogP contribution is -2.14. The van der Waals surface area contributed by atoms with Gasteiger partial charge in [-0.1, -0.05) is 37.7 Å². The van der Waals surface area contributed by atoms with Crippen LogP contribution < -0.4 is 5.32 Å². The molecule has 2 rings (SSSR count). The largest absolute Gasteiger partial charge is 0.417 e. The molecule has 24 heavy (non-hydrogen) atoms. The molecule has 0 atom stereocenters. The van der Waals surface area contributed by atoms with E-state index in [1.807, 2.05) is 18.2 Å². The quantitative estimate of drug-likeness (QED) is 0.772. The molecule has 0 radical (unpaired) electrons. The van der Waals surface area contributed by atoms with Gasteiger partial charge in [0.1, 0.15) is 0 Å². The number of aromatic nitrogens is 1. The van der Waals surface area contributed by atoms with Crippen LogP contribution in [0.15, 0.2) is 47.6 Å². The molecule has 128 valence electrons. The van der Waals surface area contributed by atoms with E-state index in [1.54, 1.807) is 6.07 Å². The first-order valence-corrected chi connectivity index (χ1v) is 8.30. The molecule has 3 nitrogen and oxygen atoms in total. The molecule has 1 amide bonds. The molecule has 1 heterocycles. The number of thioether (sulfide) groups is 1. The van der Waals surface area contributed by atoms with E-state index < -0.39 is 11.7 Å². The summed E-state index contributed by atoms with van der Waals surface area (Å²) in [5.74, 6) is 0.194. The predicted octanol–water partition coefficient (Wildman–Crippen LogP) is 4.95. The minimum Gasteiger partial charge on any atom is -0.325 e. The van der Waals surface area contributed by atoms with Crippen molar-refractivity contribution in [3.05, 3.63) is 53.7 Å². The first-order valence-electron chi connectivity index (χ1n) is 7.31. The molecule has 0 saturated heterocycles. The monoisotopic (exact) mass is 354 g/mol. The van der Waals surface area contributed by atoms with Crippen LogP contribution in [0.5, 0.6) is 0 Å². The molecule has 1 aromatic carbocycles. The Hall–Kier alpha value is -2.02. The van der Waals surface area contributed by atoms with Gasteiger partial charge >= 0.3 is 6.18 Å². The number of carbonyl (C=O) groups is 1. The number of rotatable bonds is 5. The number of amides is 1. The van der Waals surface area contributed by atoms with E-state index in [-0.39, 0.29) is 11.7 Å². The average molecular weight is 354 g/mol. The number of halogens is 3. The smallest absolute Gasteiger partial charge is 0.325 e. The lowest BCUT2D eigenvalue weighted by molar-refractivity contribution is -0.137. The summed E-state index contributed by atoms with van der Waals surface area (Å²) in [5.41, 5.74) is 1.01. The number of anilines is 1. The van der Waals surface area contributed by atoms with Crippen molar-refractivity contribution in [1.82, 2.24) is 4.98 Å². The molecule has 0 saturated carbocycles. The van der Waals surface area contributed by atoms with Crippen molar-refractivity contribution in [2.75, 3.05) is 11.1 Å². The Kier molecular flexibility index (Phi) is 5.88. The molecule has 0 fully saturated rings. The van der Waals surface area contributed by atoms with Crippen LogP contribution >= 0.6 is 11.8 Å². The van der Waals surface area contributed by atoms with Crippen LogP contribution in [-0.2, 0) is 11.0 Å². The molecule has 0 bridgehead atoms. The highest BCUT2D eigenvalue weighted by Gasteiger charge is 2.30. The summed E-state index contributed by atoms with van der Waals surface area (Å²) in [7, 11) is 0. The molecule has 0 spiro atoms. The summed E-state index contributed by atoms with van der Waals surface area (Å²) >= 11 is 1.09. The fourth-order valence-electron chi connectivity index (χ4n) is 1.95. The minimum absolute atomic E-state index is 0.0737. The second-order valence-corrected chi connectivity index (χ2v) is 6.50. The van der Waals surface area contributed by atoms with Crippen LogP contribution in [0.1, 0.15) is 30.9 Å². The topological polar surface area (TPSA) is 42.0 Å². The third kappa shape index (κ3) is 5.26. The Labute approximate surface area is 142 Å². The molecule has 0 aliphatic rings. The Morgan fingerprint density at radius 2 is 2.00 bits per heavy atom. The second kappa shape index (κ2) is 7.70. The molecule has 0 aliphatic heterocycles. The summed E-state index contributed by atoms with van der Waals surface area (Å²) < 4.78 is 37.4. The number of nitrogens with one attached hydrogen (secondary N) is 1. The van der Waals surface area contributed by atoms with Crippen molar-refractivity contribution in [3.63, 3.8) is 0 Å². The fourth-order valence-corrected chi connectivity index (χ4v) is 2.59. The summed E-state index contributed by atoms with van der Waals surface area (Å²) in [4.78, 5) is 15.7. The molecular formula is C17H17F3N2OS. The lowest BCUT2D eigenvalue weighted by atomic mass is 10.0. The van der Waals surface area contributed by atoms with Crippen LogP contribution in [0.4, 0.5) is 18.9 Å². The number of nitrogens with zero attached hydrogens (tertiary/aromatic N) is 1. The molecular weight excluding hydrogens is 337 g/mol. The summed E-state index contributed by atoms with van der Waals surface area (Å²) in [6.07, 6.45) is -3.64. The number of hydrogen-bond donors (Lipinski definition) is 1. The zero-order valence-electron chi connectivity index (χ0n) is 13.2. The van der Waals surface area contributed by atoms with Gasteiger partial charge in [0, 0.05) is 11.9 Å². The van der Waals surface area contributed by atoms with Gasteiger partial charge in [-0.25, -0.2) is 4.98 Å². The van der Waals surface area contributed by atoms with E-state index in [2.05, 4.69) is 24.1 Å². The van der Waals surface area contributed by atoms with E-state index in [1.165, 1.54) is 6.07 Å². The highest BCUT2D eigenvalue weighted by molar-refractivity contribution is 7.99. The standard InChI is InChI=1S/C17H17F3N2OS/c1-11(2)12-4-3-5-14(8-12)22-15(23)10-24-16-7-6-13(9-21-16)17(18,19)20/h3-9,11H,10H2,1-2H3,(H,22,23). The Balaban J connectivity index is 1.90. The lowest BCUT2D eigenvalue weighted by Gasteiger charge is -2.09. The fraction of sp³-hybridized carbons (Fsp3) is 0.294. The SMILES string of the molecule is CC(C)c1cccc(NC(=O)CSc2ccc(C(F)(F)F)cn2)c1. The highest BCUT2D eigenvalue weighted by atomic mass is 32.2. The Morgan fingerprint density at radius 3 is 2.58 bits per heavy atom. The molecule has 7 heteroatoms.